The van der Waals surface area contributed by atoms with E-state index in [4.69, 9.17) is 0 Å². The molecule has 0 saturated heterocycles. The Bertz CT molecular complexity index is 69.5. The van der Waals surface area contributed by atoms with E-state index in [9.17, 15) is 0 Å². The summed E-state index contributed by atoms with van der Waals surface area (Å²) in [6.45, 7) is 1.90. The first-order valence-electron chi connectivity index (χ1n) is 1.87. The lowest BCUT2D eigenvalue weighted by atomic mass is 10.6. The molecular weight excluding hydrogens is 144 g/mol. The SMILES string of the molecule is CC=CC(S)(S)S. The van der Waals surface area contributed by atoms with Crippen molar-refractivity contribution < 1.29 is 0 Å². The second-order valence-corrected chi connectivity index (χ2v) is 4.36. The van der Waals surface area contributed by atoms with Crippen LogP contribution in [0.2, 0.25) is 0 Å². The predicted molar refractivity (Wildman–Crippen MR) is 44.5 cm³/mol. The fourth-order valence-electron chi connectivity index (χ4n) is 0.224. The van der Waals surface area contributed by atoms with Gasteiger partial charge in [-0.25, -0.2) is 0 Å². The highest BCUT2D eigenvalue weighted by Gasteiger charge is 2.05. The van der Waals surface area contributed by atoms with Crippen LogP contribution in [0.1, 0.15) is 6.92 Å². The third kappa shape index (κ3) is 6.79. The van der Waals surface area contributed by atoms with Gasteiger partial charge in [0.25, 0.3) is 0 Å². The zero-order valence-corrected chi connectivity index (χ0v) is 6.68. The summed E-state index contributed by atoms with van der Waals surface area (Å²) in [6, 6.07) is 0. The molecule has 0 spiro atoms. The van der Waals surface area contributed by atoms with Crippen molar-refractivity contribution in [2.45, 2.75) is 10.3 Å². The minimum Gasteiger partial charge on any atom is -0.147 e. The van der Waals surface area contributed by atoms with Crippen molar-refractivity contribution in [1.82, 2.24) is 0 Å². The highest BCUT2D eigenvalue weighted by molar-refractivity contribution is 8.17. The lowest BCUT2D eigenvalue weighted by Gasteiger charge is -2.05. The van der Waals surface area contributed by atoms with E-state index in [1.807, 2.05) is 13.0 Å². The molecule has 0 aliphatic rings. The van der Waals surface area contributed by atoms with E-state index in [2.05, 4.69) is 37.9 Å². The Hall–Kier alpha value is 0.790. The average Bonchev–Trinajstić information content (AvgIpc) is 1.30. The fraction of sp³-hybridized carbons (Fsp3) is 0.500. The topological polar surface area (TPSA) is 0 Å². The van der Waals surface area contributed by atoms with E-state index < -0.39 is 3.41 Å². The summed E-state index contributed by atoms with van der Waals surface area (Å²) in [5, 5.41) is 0. The van der Waals surface area contributed by atoms with E-state index >= 15 is 0 Å². The van der Waals surface area contributed by atoms with Crippen molar-refractivity contribution in [1.29, 1.82) is 0 Å². The van der Waals surface area contributed by atoms with Gasteiger partial charge >= 0.3 is 0 Å². The maximum absolute atomic E-state index is 3.98. The van der Waals surface area contributed by atoms with Crippen LogP contribution >= 0.6 is 37.9 Å². The number of allylic oxidation sites excluding steroid dienone is 1. The van der Waals surface area contributed by atoms with Crippen LogP contribution < -0.4 is 0 Å². The van der Waals surface area contributed by atoms with Gasteiger partial charge in [-0.1, -0.05) is 12.2 Å². The maximum Gasteiger partial charge on any atom is 0.117 e. The van der Waals surface area contributed by atoms with Crippen LogP contribution in [0.3, 0.4) is 0 Å². The molecule has 0 fully saturated rings. The average molecular weight is 152 g/mol. The van der Waals surface area contributed by atoms with Gasteiger partial charge in [-0.2, -0.15) is 0 Å². The van der Waals surface area contributed by atoms with Crippen LogP contribution in [0.5, 0.6) is 0 Å². The van der Waals surface area contributed by atoms with E-state index in [0.29, 0.717) is 0 Å². The Labute approximate surface area is 60.6 Å². The summed E-state index contributed by atoms with van der Waals surface area (Å²) in [5.74, 6) is 0. The third-order valence-electron chi connectivity index (χ3n) is 0.390. The minimum absolute atomic E-state index is 0.547. The van der Waals surface area contributed by atoms with Gasteiger partial charge in [0.1, 0.15) is 3.41 Å². The van der Waals surface area contributed by atoms with Crippen molar-refractivity contribution in [3.8, 4) is 0 Å². The van der Waals surface area contributed by atoms with Crippen LogP contribution in [0, 0.1) is 0 Å². The second kappa shape index (κ2) is 2.95. The quantitative estimate of drug-likeness (QED) is 0.286. The molecule has 0 nitrogen and oxygen atoms in total. The van der Waals surface area contributed by atoms with Crippen LogP contribution in [0.4, 0.5) is 0 Å². The van der Waals surface area contributed by atoms with Gasteiger partial charge in [0.2, 0.25) is 0 Å². The summed E-state index contributed by atoms with van der Waals surface area (Å²) in [5.41, 5.74) is 0. The lowest BCUT2D eigenvalue weighted by molar-refractivity contribution is 1.54. The molecule has 0 aliphatic heterocycles. The van der Waals surface area contributed by atoms with Crippen molar-refractivity contribution >= 4 is 37.9 Å². The molecule has 0 aromatic heterocycles. The Kier molecular flexibility index (Phi) is 3.28. The second-order valence-electron chi connectivity index (χ2n) is 1.19. The summed E-state index contributed by atoms with van der Waals surface area (Å²) >= 11 is 11.9. The monoisotopic (exact) mass is 152 g/mol. The Morgan fingerprint density at radius 1 is 1.29 bits per heavy atom. The first-order valence-corrected chi connectivity index (χ1v) is 3.21. The molecule has 42 valence electrons. The normalized spacial score (nSPS) is 13.1. The zero-order valence-electron chi connectivity index (χ0n) is 4.00. The van der Waals surface area contributed by atoms with Crippen LogP contribution in [0.25, 0.3) is 0 Å². The Balaban J connectivity index is 3.56. The molecule has 0 heterocycles. The Morgan fingerprint density at radius 2 is 1.71 bits per heavy atom. The summed E-state index contributed by atoms with van der Waals surface area (Å²) in [4.78, 5) is 0. The van der Waals surface area contributed by atoms with E-state index in [1.165, 1.54) is 0 Å². The molecule has 0 aromatic rings. The number of thiol groups is 3. The minimum atomic E-state index is -0.547. The van der Waals surface area contributed by atoms with Crippen LogP contribution in [0.15, 0.2) is 12.2 Å². The molecule has 0 N–H and O–H groups in total. The van der Waals surface area contributed by atoms with Crippen molar-refractivity contribution in [2.75, 3.05) is 0 Å². The molecule has 0 amide bonds. The van der Waals surface area contributed by atoms with E-state index in [0.717, 1.165) is 0 Å². The number of rotatable bonds is 1. The van der Waals surface area contributed by atoms with E-state index in [-0.39, 0.29) is 0 Å². The largest absolute Gasteiger partial charge is 0.147 e. The molecule has 0 rings (SSSR count). The molecular formula is C4H8S3. The summed E-state index contributed by atoms with van der Waals surface area (Å²) in [6.07, 6.45) is 3.63. The predicted octanol–water partition coefficient (Wildman–Crippen LogP) is 2.01. The van der Waals surface area contributed by atoms with Crippen molar-refractivity contribution in [3.05, 3.63) is 12.2 Å². The fourth-order valence-corrected chi connectivity index (χ4v) is 0.671. The lowest BCUT2D eigenvalue weighted by Crippen LogP contribution is -1.93. The molecule has 0 aliphatic carbocycles. The highest BCUT2D eigenvalue weighted by Crippen LogP contribution is 2.24. The molecule has 7 heavy (non-hydrogen) atoms. The van der Waals surface area contributed by atoms with Gasteiger partial charge in [-0.05, 0) is 6.92 Å². The van der Waals surface area contributed by atoms with Crippen LogP contribution in [-0.4, -0.2) is 3.41 Å². The third-order valence-corrected chi connectivity index (χ3v) is 0.837. The molecule has 0 aromatic carbocycles. The van der Waals surface area contributed by atoms with Gasteiger partial charge in [0.05, 0.1) is 0 Å². The molecule has 0 radical (unpaired) electrons. The van der Waals surface area contributed by atoms with Gasteiger partial charge in [0.15, 0.2) is 0 Å². The summed E-state index contributed by atoms with van der Waals surface area (Å²) < 4.78 is -0.547. The molecule has 0 bridgehead atoms. The molecule has 0 saturated carbocycles. The summed E-state index contributed by atoms with van der Waals surface area (Å²) in [7, 11) is 0. The molecule has 0 atom stereocenters. The molecule has 3 heteroatoms. The number of hydrogen-bond acceptors (Lipinski definition) is 3. The zero-order chi connectivity index (χ0) is 5.91. The standard InChI is InChI=1S/C4H8S3/c1-2-3-4(5,6)7/h2-3,5-7H,1H3. The van der Waals surface area contributed by atoms with Crippen molar-refractivity contribution in [2.24, 2.45) is 0 Å². The first kappa shape index (κ1) is 7.79. The highest BCUT2D eigenvalue weighted by atomic mass is 32.2. The smallest absolute Gasteiger partial charge is 0.117 e. The van der Waals surface area contributed by atoms with Gasteiger partial charge in [-0.15, -0.1) is 37.9 Å². The Morgan fingerprint density at radius 3 is 1.71 bits per heavy atom. The maximum atomic E-state index is 3.98. The van der Waals surface area contributed by atoms with Gasteiger partial charge < -0.3 is 0 Å². The van der Waals surface area contributed by atoms with Crippen LogP contribution in [-0.2, 0) is 0 Å². The van der Waals surface area contributed by atoms with E-state index in [1.54, 1.807) is 6.08 Å². The molecule has 0 unspecified atom stereocenters. The first-order chi connectivity index (χ1) is 3.06. The van der Waals surface area contributed by atoms with Crippen molar-refractivity contribution in [3.63, 3.8) is 0 Å². The van der Waals surface area contributed by atoms with Gasteiger partial charge in [0, 0.05) is 0 Å². The van der Waals surface area contributed by atoms with Gasteiger partial charge in [-0.3, -0.25) is 0 Å². The number of hydrogen-bond donors (Lipinski definition) is 3.